The zero-order chi connectivity index (χ0) is 28.8. The molecule has 39 heavy (non-hydrogen) atoms. The molecule has 2 N–H and O–H groups in total. The molecule has 0 bridgehead atoms. The second-order valence-corrected chi connectivity index (χ2v) is 11.9. The molecular weight excluding hydrogens is 503 g/mol. The van der Waals surface area contributed by atoms with Crippen LogP contribution in [0.1, 0.15) is 65.3 Å². The number of amides is 1. The number of hydrogen-bond acceptors (Lipinski definition) is 3. The topological polar surface area (TPSA) is 55.3 Å². The van der Waals surface area contributed by atoms with E-state index in [4.69, 9.17) is 4.74 Å². The van der Waals surface area contributed by atoms with Crippen molar-refractivity contribution in [3.63, 3.8) is 0 Å². The average molecular weight is 544 g/mol. The third kappa shape index (κ3) is 8.88. The Morgan fingerprint density at radius 1 is 1.00 bits per heavy atom. The molecule has 0 aliphatic heterocycles. The van der Waals surface area contributed by atoms with Crippen LogP contribution in [0.25, 0.3) is 11.1 Å². The van der Waals surface area contributed by atoms with E-state index in [0.717, 1.165) is 23.4 Å². The Hall–Kier alpha value is -3.26. The molecule has 1 amide bonds. The number of nitrogens with zero attached hydrogens (tertiary/aromatic N) is 1. The Balaban J connectivity index is 1.88. The van der Waals surface area contributed by atoms with Gasteiger partial charge in [-0.2, -0.15) is 0 Å². The summed E-state index contributed by atoms with van der Waals surface area (Å²) in [6, 6.07) is 14.3. The molecule has 1 aromatic heterocycles. The number of halogens is 3. The third-order valence-corrected chi connectivity index (χ3v) is 6.28. The molecule has 3 rings (SSSR count). The predicted molar refractivity (Wildman–Crippen MR) is 149 cm³/mol. The van der Waals surface area contributed by atoms with E-state index in [2.05, 4.69) is 31.4 Å². The highest BCUT2D eigenvalue weighted by atomic mass is 19.1. The predicted octanol–water partition coefficient (Wildman–Crippen LogP) is 7.41. The lowest BCUT2D eigenvalue weighted by Crippen LogP contribution is -2.42. The molecule has 212 valence electrons. The quantitative estimate of drug-likeness (QED) is 0.280. The van der Waals surface area contributed by atoms with E-state index in [1.54, 1.807) is 20.8 Å². The highest BCUT2D eigenvalue weighted by molar-refractivity contribution is 5.68. The zero-order valence-electron chi connectivity index (χ0n) is 23.7. The number of carbonyl (C=O) groups is 1. The van der Waals surface area contributed by atoms with Gasteiger partial charge in [-0.05, 0) is 69.0 Å². The smallest absolute Gasteiger partial charge is 0.407 e. The molecule has 0 aliphatic carbocycles. The fourth-order valence-electron chi connectivity index (χ4n) is 4.47. The minimum absolute atomic E-state index is 0.190. The lowest BCUT2D eigenvalue weighted by atomic mass is 9.84. The van der Waals surface area contributed by atoms with Crippen LogP contribution in [-0.4, -0.2) is 35.5 Å². The van der Waals surface area contributed by atoms with Crippen molar-refractivity contribution in [3.8, 4) is 11.1 Å². The maximum atomic E-state index is 14.7. The van der Waals surface area contributed by atoms with E-state index in [1.165, 1.54) is 6.07 Å². The van der Waals surface area contributed by atoms with Gasteiger partial charge in [-0.15, -0.1) is 0 Å². The first-order chi connectivity index (χ1) is 18.3. The van der Waals surface area contributed by atoms with Gasteiger partial charge in [0.15, 0.2) is 0 Å². The van der Waals surface area contributed by atoms with Crippen LogP contribution in [-0.2, 0) is 11.3 Å². The second kappa shape index (κ2) is 12.7. The van der Waals surface area contributed by atoms with Crippen LogP contribution >= 0.6 is 0 Å². The van der Waals surface area contributed by atoms with Crippen molar-refractivity contribution >= 4 is 6.09 Å². The summed E-state index contributed by atoms with van der Waals surface area (Å²) in [5.74, 6) is -1.01. The van der Waals surface area contributed by atoms with Gasteiger partial charge in [-0.3, -0.25) is 0 Å². The Morgan fingerprint density at radius 2 is 1.69 bits per heavy atom. The Bertz CT molecular complexity index is 1230. The van der Waals surface area contributed by atoms with E-state index >= 15 is 0 Å². The maximum absolute atomic E-state index is 14.7. The van der Waals surface area contributed by atoms with E-state index in [0.29, 0.717) is 25.1 Å². The van der Waals surface area contributed by atoms with Crippen LogP contribution < -0.4 is 10.6 Å². The van der Waals surface area contributed by atoms with Crippen LogP contribution in [0.3, 0.4) is 0 Å². The number of carbonyl (C=O) groups excluding carboxylic acids is 1. The van der Waals surface area contributed by atoms with Gasteiger partial charge in [-0.1, -0.05) is 51.1 Å². The van der Waals surface area contributed by atoms with Gasteiger partial charge in [-0.25, -0.2) is 18.0 Å². The lowest BCUT2D eigenvalue weighted by molar-refractivity contribution is 0.0492. The normalized spacial score (nSPS) is 13.7. The number of alkyl carbamates (subject to hydrolysis) is 1. The van der Waals surface area contributed by atoms with Crippen molar-refractivity contribution in [2.45, 2.75) is 72.2 Å². The first-order valence-electron chi connectivity index (χ1n) is 13.2. The fourth-order valence-corrected chi connectivity index (χ4v) is 4.47. The summed E-state index contributed by atoms with van der Waals surface area (Å²) in [4.78, 5) is 12.1. The highest BCUT2D eigenvalue weighted by Crippen LogP contribution is 2.37. The van der Waals surface area contributed by atoms with E-state index in [-0.39, 0.29) is 17.0 Å². The molecule has 0 saturated heterocycles. The van der Waals surface area contributed by atoms with E-state index in [1.807, 2.05) is 47.2 Å². The Kier molecular flexibility index (Phi) is 9.88. The minimum Gasteiger partial charge on any atom is -0.444 e. The summed E-state index contributed by atoms with van der Waals surface area (Å²) in [5.41, 5.74) is 1.75. The summed E-state index contributed by atoms with van der Waals surface area (Å²) in [6.45, 7) is 11.7. The van der Waals surface area contributed by atoms with Gasteiger partial charge in [0.25, 0.3) is 0 Å². The van der Waals surface area contributed by atoms with Gasteiger partial charge in [0, 0.05) is 29.6 Å². The molecule has 1 heterocycles. The first-order valence-corrected chi connectivity index (χ1v) is 13.2. The standard InChI is InChI=1S/C31H40F3N3O2/c1-30(2,3)28(35-15-14-24(18-32)36-29(38)39-31(4,5)6)27-16-22(25-17-23(33)12-13-26(25)34)20-37(27)19-21-10-8-7-9-11-21/h7-13,16-17,20,24,28,35H,14-15,18-19H2,1-6H3,(H,36,38)/t24?,28-/m0/s1. The molecule has 0 fully saturated rings. The monoisotopic (exact) mass is 543 g/mol. The Labute approximate surface area is 229 Å². The molecular formula is C31H40F3N3O2. The van der Waals surface area contributed by atoms with Crippen molar-refractivity contribution in [1.82, 2.24) is 15.2 Å². The van der Waals surface area contributed by atoms with Crippen LogP contribution in [0.15, 0.2) is 60.8 Å². The molecule has 2 atom stereocenters. The maximum Gasteiger partial charge on any atom is 0.407 e. The molecule has 5 nitrogen and oxygen atoms in total. The summed E-state index contributed by atoms with van der Waals surface area (Å²) < 4.78 is 49.8. The van der Waals surface area contributed by atoms with Crippen LogP contribution in [0, 0.1) is 17.0 Å². The van der Waals surface area contributed by atoms with Crippen molar-refractivity contribution < 1.29 is 22.7 Å². The third-order valence-electron chi connectivity index (χ3n) is 6.28. The van der Waals surface area contributed by atoms with Gasteiger partial charge in [0.05, 0.1) is 12.1 Å². The van der Waals surface area contributed by atoms with Crippen LogP contribution in [0.5, 0.6) is 0 Å². The number of ether oxygens (including phenoxy) is 1. The summed E-state index contributed by atoms with van der Waals surface area (Å²) in [7, 11) is 0. The van der Waals surface area contributed by atoms with Crippen molar-refractivity contribution in [3.05, 3.63) is 83.7 Å². The fraction of sp³-hybridized carbons (Fsp3) is 0.452. The van der Waals surface area contributed by atoms with Gasteiger partial charge >= 0.3 is 6.09 Å². The molecule has 0 saturated carbocycles. The summed E-state index contributed by atoms with van der Waals surface area (Å²) in [5, 5.41) is 6.13. The number of hydrogen-bond donors (Lipinski definition) is 2. The molecule has 8 heteroatoms. The number of alkyl halides is 1. The molecule has 0 aliphatic rings. The van der Waals surface area contributed by atoms with E-state index in [9.17, 15) is 18.0 Å². The van der Waals surface area contributed by atoms with Crippen LogP contribution in [0.2, 0.25) is 0 Å². The summed E-state index contributed by atoms with van der Waals surface area (Å²) in [6.07, 6.45) is 1.53. The first kappa shape index (κ1) is 30.3. The number of aromatic nitrogens is 1. The Morgan fingerprint density at radius 3 is 2.31 bits per heavy atom. The molecule has 2 aromatic carbocycles. The van der Waals surface area contributed by atoms with Crippen LogP contribution in [0.4, 0.5) is 18.0 Å². The van der Waals surface area contributed by atoms with Gasteiger partial charge < -0.3 is 19.9 Å². The average Bonchev–Trinajstić information content (AvgIpc) is 3.23. The summed E-state index contributed by atoms with van der Waals surface area (Å²) >= 11 is 0. The molecule has 1 unspecified atom stereocenters. The SMILES string of the molecule is CC(C)(C)OC(=O)NC(CF)CCN[C@@H](c1cc(-c2cc(F)ccc2F)cn1Cc1ccccc1)C(C)(C)C. The van der Waals surface area contributed by atoms with Gasteiger partial charge in [0.2, 0.25) is 0 Å². The van der Waals surface area contributed by atoms with Crippen molar-refractivity contribution in [2.24, 2.45) is 5.41 Å². The number of benzene rings is 2. The second-order valence-electron chi connectivity index (χ2n) is 11.9. The van der Waals surface area contributed by atoms with Crippen molar-refractivity contribution in [1.29, 1.82) is 0 Å². The van der Waals surface area contributed by atoms with E-state index < -0.39 is 36.0 Å². The number of rotatable bonds is 10. The molecule has 3 aromatic rings. The zero-order valence-corrected chi connectivity index (χ0v) is 23.7. The number of nitrogens with one attached hydrogen (secondary N) is 2. The minimum atomic E-state index is -0.728. The molecule has 0 radical (unpaired) electrons. The van der Waals surface area contributed by atoms with Gasteiger partial charge in [0.1, 0.15) is 23.9 Å². The van der Waals surface area contributed by atoms with Crippen molar-refractivity contribution in [2.75, 3.05) is 13.2 Å². The lowest BCUT2D eigenvalue weighted by Gasteiger charge is -2.33. The highest BCUT2D eigenvalue weighted by Gasteiger charge is 2.30. The largest absolute Gasteiger partial charge is 0.444 e. The molecule has 0 spiro atoms.